The lowest BCUT2D eigenvalue weighted by molar-refractivity contribution is -0.141. The minimum absolute atomic E-state index is 0.127. The van der Waals surface area contributed by atoms with Gasteiger partial charge in [-0.2, -0.15) is 13.2 Å². The first kappa shape index (κ1) is 20.1. The van der Waals surface area contributed by atoms with E-state index in [1.165, 1.54) is 13.2 Å². The van der Waals surface area contributed by atoms with Gasteiger partial charge in [0, 0.05) is 18.0 Å². The Morgan fingerprint density at radius 2 is 2.03 bits per heavy atom. The second-order valence-electron chi connectivity index (χ2n) is 7.24. The maximum atomic E-state index is 12.8. The lowest BCUT2D eigenvalue weighted by Gasteiger charge is -2.28. The van der Waals surface area contributed by atoms with Crippen molar-refractivity contribution in [1.29, 1.82) is 0 Å². The van der Waals surface area contributed by atoms with Crippen LogP contribution in [0.2, 0.25) is 0 Å². The summed E-state index contributed by atoms with van der Waals surface area (Å²) in [5, 5.41) is 0. The summed E-state index contributed by atoms with van der Waals surface area (Å²) >= 11 is 0. The van der Waals surface area contributed by atoms with Gasteiger partial charge in [-0.1, -0.05) is 6.07 Å². The van der Waals surface area contributed by atoms with Gasteiger partial charge in [-0.15, -0.1) is 0 Å². The average molecular weight is 442 g/mol. The van der Waals surface area contributed by atoms with Gasteiger partial charge >= 0.3 is 6.18 Å². The number of benzene rings is 1. The standard InChI is InChI=1S/C22H17F3N4O3/c1-30-16-7-13(10-29-12-28-15-3-2-6-26-21(15)29)8-17-20(16)32-18(11-31-17)14-4-5-19(27-9-14)22(23,24)25/h2-9,12,18H,10-11H2,1H3/t18-/m0/s1. The fraction of sp³-hybridized carbons (Fsp3) is 0.227. The summed E-state index contributed by atoms with van der Waals surface area (Å²) in [6.07, 6.45) is -0.529. The van der Waals surface area contributed by atoms with E-state index < -0.39 is 18.0 Å². The lowest BCUT2D eigenvalue weighted by atomic mass is 10.1. The highest BCUT2D eigenvalue weighted by Gasteiger charge is 2.33. The third kappa shape index (κ3) is 3.68. The zero-order chi connectivity index (χ0) is 22.3. The molecular formula is C22H17F3N4O3. The van der Waals surface area contributed by atoms with Gasteiger partial charge in [-0.05, 0) is 35.9 Å². The van der Waals surface area contributed by atoms with Crippen molar-refractivity contribution in [1.82, 2.24) is 19.5 Å². The topological polar surface area (TPSA) is 71.3 Å². The third-order valence-corrected chi connectivity index (χ3v) is 5.13. The Labute approximate surface area is 180 Å². The van der Waals surface area contributed by atoms with Crippen molar-refractivity contribution >= 4 is 11.2 Å². The predicted molar refractivity (Wildman–Crippen MR) is 108 cm³/mol. The molecule has 0 unspecified atom stereocenters. The summed E-state index contributed by atoms with van der Waals surface area (Å²) in [5.74, 6) is 1.34. The monoisotopic (exact) mass is 442 g/mol. The number of nitrogens with zero attached hydrogens (tertiary/aromatic N) is 4. The van der Waals surface area contributed by atoms with Crippen molar-refractivity contribution in [2.75, 3.05) is 13.7 Å². The Hall–Kier alpha value is -3.82. The van der Waals surface area contributed by atoms with Crippen LogP contribution in [0, 0.1) is 0 Å². The molecule has 7 nitrogen and oxygen atoms in total. The van der Waals surface area contributed by atoms with E-state index in [1.54, 1.807) is 12.5 Å². The Morgan fingerprint density at radius 3 is 2.78 bits per heavy atom. The van der Waals surface area contributed by atoms with Crippen LogP contribution < -0.4 is 14.2 Å². The molecule has 164 valence electrons. The number of halogens is 3. The molecule has 4 heterocycles. The van der Waals surface area contributed by atoms with Gasteiger partial charge in [-0.25, -0.2) is 9.97 Å². The average Bonchev–Trinajstić information content (AvgIpc) is 3.20. The Morgan fingerprint density at radius 1 is 1.16 bits per heavy atom. The smallest absolute Gasteiger partial charge is 0.433 e. The zero-order valence-electron chi connectivity index (χ0n) is 16.8. The maximum absolute atomic E-state index is 12.8. The summed E-state index contributed by atoms with van der Waals surface area (Å²) in [6, 6.07) is 9.65. The lowest BCUT2D eigenvalue weighted by Crippen LogP contribution is -2.22. The highest BCUT2D eigenvalue weighted by Crippen LogP contribution is 2.44. The molecule has 1 aliphatic heterocycles. The fourth-order valence-electron chi connectivity index (χ4n) is 3.58. The van der Waals surface area contributed by atoms with Gasteiger partial charge in [0.15, 0.2) is 23.3 Å². The quantitative estimate of drug-likeness (QED) is 0.466. The molecule has 3 aromatic heterocycles. The van der Waals surface area contributed by atoms with Gasteiger partial charge in [-0.3, -0.25) is 4.98 Å². The molecule has 0 spiro atoms. The molecule has 0 amide bonds. The van der Waals surface area contributed by atoms with Crippen LogP contribution in [0.1, 0.15) is 22.9 Å². The number of hydrogen-bond acceptors (Lipinski definition) is 6. The van der Waals surface area contributed by atoms with E-state index in [4.69, 9.17) is 14.2 Å². The predicted octanol–water partition coefficient (Wildman–Crippen LogP) is 4.41. The molecule has 32 heavy (non-hydrogen) atoms. The number of methoxy groups -OCH3 is 1. The van der Waals surface area contributed by atoms with E-state index in [0.717, 1.165) is 29.0 Å². The van der Waals surface area contributed by atoms with Crippen LogP contribution in [0.5, 0.6) is 17.2 Å². The number of fused-ring (bicyclic) bond motifs is 2. The highest BCUT2D eigenvalue weighted by atomic mass is 19.4. The number of rotatable bonds is 4. The molecule has 0 bridgehead atoms. The van der Waals surface area contributed by atoms with Crippen LogP contribution in [0.4, 0.5) is 13.2 Å². The van der Waals surface area contributed by atoms with Crippen molar-refractivity contribution in [2.45, 2.75) is 18.8 Å². The van der Waals surface area contributed by atoms with Gasteiger partial charge in [0.25, 0.3) is 0 Å². The van der Waals surface area contributed by atoms with E-state index in [0.29, 0.717) is 29.4 Å². The Bertz CT molecular complexity index is 1250. The molecule has 4 aromatic rings. The van der Waals surface area contributed by atoms with Gasteiger partial charge in [0.05, 0.1) is 20.0 Å². The van der Waals surface area contributed by atoms with E-state index in [2.05, 4.69) is 15.0 Å². The molecule has 0 aliphatic carbocycles. The SMILES string of the molecule is COc1cc(Cn2cnc3cccnc32)cc2c1O[C@H](c1ccc(C(F)(F)F)nc1)CO2. The van der Waals surface area contributed by atoms with Crippen molar-refractivity contribution < 1.29 is 27.4 Å². The third-order valence-electron chi connectivity index (χ3n) is 5.13. The fourth-order valence-corrected chi connectivity index (χ4v) is 3.58. The molecule has 0 fully saturated rings. The van der Waals surface area contributed by atoms with Crippen LogP contribution in [0.15, 0.2) is 55.1 Å². The van der Waals surface area contributed by atoms with Crippen molar-refractivity contribution in [2.24, 2.45) is 0 Å². The molecule has 10 heteroatoms. The molecule has 0 radical (unpaired) electrons. The van der Waals surface area contributed by atoms with E-state index in [9.17, 15) is 13.2 Å². The summed E-state index contributed by atoms with van der Waals surface area (Å²) in [4.78, 5) is 12.2. The number of imidazole rings is 1. The first-order chi connectivity index (χ1) is 15.4. The molecule has 0 N–H and O–H groups in total. The molecule has 5 rings (SSSR count). The molecule has 0 saturated carbocycles. The van der Waals surface area contributed by atoms with Gasteiger partial charge in [0.1, 0.15) is 17.8 Å². The molecule has 1 aliphatic rings. The number of ether oxygens (including phenoxy) is 3. The molecular weight excluding hydrogens is 425 g/mol. The normalized spacial score (nSPS) is 15.7. The highest BCUT2D eigenvalue weighted by molar-refractivity contribution is 5.70. The van der Waals surface area contributed by atoms with Gasteiger partial charge < -0.3 is 18.8 Å². The number of pyridine rings is 2. The first-order valence-electron chi connectivity index (χ1n) is 9.72. The van der Waals surface area contributed by atoms with Crippen molar-refractivity contribution in [3.8, 4) is 17.2 Å². The number of alkyl halides is 3. The molecule has 1 aromatic carbocycles. The minimum atomic E-state index is -4.50. The van der Waals surface area contributed by atoms with Crippen molar-refractivity contribution in [3.63, 3.8) is 0 Å². The summed E-state index contributed by atoms with van der Waals surface area (Å²) in [5.41, 5.74) is 1.97. The molecule has 1 atom stereocenters. The van der Waals surface area contributed by atoms with Crippen LogP contribution >= 0.6 is 0 Å². The van der Waals surface area contributed by atoms with Crippen molar-refractivity contribution in [3.05, 3.63) is 71.9 Å². The van der Waals surface area contributed by atoms with Crippen LogP contribution in [-0.2, 0) is 12.7 Å². The van der Waals surface area contributed by atoms with Crippen LogP contribution in [0.25, 0.3) is 11.2 Å². The van der Waals surface area contributed by atoms with E-state index in [-0.39, 0.29) is 6.61 Å². The minimum Gasteiger partial charge on any atom is -0.493 e. The maximum Gasteiger partial charge on any atom is 0.433 e. The van der Waals surface area contributed by atoms with Crippen LogP contribution in [0.3, 0.4) is 0 Å². The Balaban J connectivity index is 1.41. The second kappa shape index (κ2) is 7.70. The zero-order valence-corrected chi connectivity index (χ0v) is 16.8. The molecule has 0 saturated heterocycles. The largest absolute Gasteiger partial charge is 0.493 e. The summed E-state index contributed by atoms with van der Waals surface area (Å²) in [7, 11) is 1.51. The number of aromatic nitrogens is 4. The first-order valence-corrected chi connectivity index (χ1v) is 9.72. The van der Waals surface area contributed by atoms with Crippen LogP contribution in [-0.4, -0.2) is 33.2 Å². The Kier molecular flexibility index (Phi) is 4.84. The summed E-state index contributed by atoms with van der Waals surface area (Å²) in [6.45, 7) is 0.620. The number of hydrogen-bond donors (Lipinski definition) is 0. The summed E-state index contributed by atoms with van der Waals surface area (Å²) < 4.78 is 57.6. The van der Waals surface area contributed by atoms with E-state index >= 15 is 0 Å². The van der Waals surface area contributed by atoms with E-state index in [1.807, 2.05) is 28.8 Å². The van der Waals surface area contributed by atoms with Gasteiger partial charge in [0.2, 0.25) is 5.75 Å². The second-order valence-corrected chi connectivity index (χ2v) is 7.24.